The van der Waals surface area contributed by atoms with E-state index in [1.54, 1.807) is 6.92 Å². The molecule has 76 valence electrons. The lowest BCUT2D eigenvalue weighted by Crippen LogP contribution is -2.16. The van der Waals surface area contributed by atoms with Crippen LogP contribution in [0.1, 0.15) is 11.3 Å². The van der Waals surface area contributed by atoms with Crippen molar-refractivity contribution in [1.29, 1.82) is 5.41 Å². The van der Waals surface area contributed by atoms with Crippen molar-refractivity contribution in [1.82, 2.24) is 9.78 Å². The van der Waals surface area contributed by atoms with Gasteiger partial charge in [0.1, 0.15) is 0 Å². The van der Waals surface area contributed by atoms with Crippen molar-refractivity contribution in [2.24, 2.45) is 0 Å². The van der Waals surface area contributed by atoms with Crippen molar-refractivity contribution in [3.05, 3.63) is 51.9 Å². The Hall–Kier alpha value is -2.10. The Bertz CT molecular complexity index is 537. The van der Waals surface area contributed by atoms with Crippen LogP contribution in [0.15, 0.2) is 35.1 Å². The highest BCUT2D eigenvalue weighted by molar-refractivity contribution is 5.78. The minimum atomic E-state index is -0.186. The van der Waals surface area contributed by atoms with Crippen molar-refractivity contribution in [3.63, 3.8) is 0 Å². The molecule has 0 fully saturated rings. The minimum absolute atomic E-state index is 0.186. The van der Waals surface area contributed by atoms with E-state index in [4.69, 9.17) is 5.41 Å². The van der Waals surface area contributed by atoms with Crippen LogP contribution in [0.5, 0.6) is 0 Å². The van der Waals surface area contributed by atoms with E-state index in [1.165, 1.54) is 4.68 Å². The van der Waals surface area contributed by atoms with E-state index in [2.05, 4.69) is 5.10 Å². The molecule has 2 rings (SSSR count). The first-order valence-electron chi connectivity index (χ1n) is 4.61. The van der Waals surface area contributed by atoms with Crippen LogP contribution in [-0.2, 0) is 0 Å². The van der Waals surface area contributed by atoms with E-state index in [-0.39, 0.29) is 5.56 Å². The first-order valence-corrected chi connectivity index (χ1v) is 4.61. The maximum atomic E-state index is 11.8. The minimum Gasteiger partial charge on any atom is -0.308 e. The van der Waals surface area contributed by atoms with E-state index in [0.29, 0.717) is 11.3 Å². The first-order chi connectivity index (χ1) is 7.24. The van der Waals surface area contributed by atoms with Crippen LogP contribution < -0.4 is 5.56 Å². The van der Waals surface area contributed by atoms with Crippen LogP contribution in [-0.4, -0.2) is 16.0 Å². The first kappa shape index (κ1) is 9.45. The second kappa shape index (κ2) is 3.57. The van der Waals surface area contributed by atoms with Crippen molar-refractivity contribution < 1.29 is 0 Å². The molecule has 0 saturated carbocycles. The maximum absolute atomic E-state index is 11.8. The Balaban J connectivity index is 2.66. The zero-order valence-electron chi connectivity index (χ0n) is 8.32. The van der Waals surface area contributed by atoms with Gasteiger partial charge in [-0.05, 0) is 19.1 Å². The molecule has 0 spiro atoms. The Morgan fingerprint density at radius 3 is 2.53 bits per heavy atom. The van der Waals surface area contributed by atoms with E-state index in [1.807, 2.05) is 30.3 Å². The van der Waals surface area contributed by atoms with Crippen LogP contribution in [0.25, 0.3) is 5.69 Å². The molecule has 15 heavy (non-hydrogen) atoms. The molecule has 0 radical (unpaired) electrons. The number of nitrogens with one attached hydrogen (secondary N) is 2. The second-order valence-corrected chi connectivity index (χ2v) is 3.27. The van der Waals surface area contributed by atoms with Crippen LogP contribution in [0.3, 0.4) is 0 Å². The Labute approximate surface area is 86.7 Å². The fourth-order valence-corrected chi connectivity index (χ4v) is 1.49. The van der Waals surface area contributed by atoms with Crippen molar-refractivity contribution in [3.8, 4) is 5.69 Å². The molecular weight excluding hydrogens is 190 g/mol. The normalized spacial score (nSPS) is 10.2. The van der Waals surface area contributed by atoms with Crippen LogP contribution in [0.4, 0.5) is 0 Å². The summed E-state index contributed by atoms with van der Waals surface area (Å²) in [4.78, 5) is 11.8. The van der Waals surface area contributed by atoms with E-state index >= 15 is 0 Å². The molecule has 0 atom stereocenters. The molecule has 4 nitrogen and oxygen atoms in total. The van der Waals surface area contributed by atoms with E-state index < -0.39 is 0 Å². The van der Waals surface area contributed by atoms with Crippen molar-refractivity contribution in [2.45, 2.75) is 6.92 Å². The van der Waals surface area contributed by atoms with Gasteiger partial charge in [-0.15, -0.1) is 0 Å². The number of H-pyrrole nitrogens is 1. The summed E-state index contributed by atoms with van der Waals surface area (Å²) in [5, 5.41) is 10.1. The molecule has 1 heterocycles. The fraction of sp³-hybridized carbons (Fsp3) is 0.0909. The molecule has 4 heteroatoms. The summed E-state index contributed by atoms with van der Waals surface area (Å²) >= 11 is 0. The summed E-state index contributed by atoms with van der Waals surface area (Å²) in [6.07, 6.45) is 1.08. The zero-order valence-corrected chi connectivity index (χ0v) is 8.32. The van der Waals surface area contributed by atoms with Crippen molar-refractivity contribution in [2.75, 3.05) is 0 Å². The molecule has 1 aromatic carbocycles. The molecule has 2 N–H and O–H groups in total. The monoisotopic (exact) mass is 201 g/mol. The van der Waals surface area contributed by atoms with Crippen LogP contribution >= 0.6 is 0 Å². The molecule has 0 saturated heterocycles. The largest absolute Gasteiger partial charge is 0.308 e. The molecule has 0 aliphatic carbocycles. The number of para-hydroxylation sites is 1. The summed E-state index contributed by atoms with van der Waals surface area (Å²) < 4.78 is 1.44. The number of benzene rings is 1. The Morgan fingerprint density at radius 2 is 2.00 bits per heavy atom. The van der Waals surface area contributed by atoms with Crippen molar-refractivity contribution >= 4 is 6.21 Å². The predicted molar refractivity (Wildman–Crippen MR) is 59.0 cm³/mol. The summed E-state index contributed by atoms with van der Waals surface area (Å²) in [5.41, 5.74) is 1.70. The molecular formula is C11H11N3O. The average Bonchev–Trinajstić information content (AvgIpc) is 2.55. The molecule has 2 aromatic rings. The number of hydrogen-bond donors (Lipinski definition) is 2. The van der Waals surface area contributed by atoms with Gasteiger partial charge in [0.2, 0.25) is 0 Å². The molecule has 0 aliphatic heterocycles. The van der Waals surface area contributed by atoms with Gasteiger partial charge in [-0.1, -0.05) is 18.2 Å². The topological polar surface area (TPSA) is 61.6 Å². The van der Waals surface area contributed by atoms with Crippen LogP contribution in [0.2, 0.25) is 0 Å². The quantitative estimate of drug-likeness (QED) is 0.710. The highest BCUT2D eigenvalue weighted by atomic mass is 16.1. The van der Waals surface area contributed by atoms with Gasteiger partial charge in [0, 0.05) is 11.9 Å². The maximum Gasteiger partial charge on any atom is 0.280 e. The van der Waals surface area contributed by atoms with Gasteiger partial charge in [-0.2, -0.15) is 0 Å². The standard InChI is InChI=1S/C11H11N3O/c1-8-10(7-12)11(15)14(13-8)9-5-3-2-4-6-9/h2-7,12-13H,1H3. The third-order valence-electron chi connectivity index (χ3n) is 2.28. The SMILES string of the molecule is Cc1[nH]n(-c2ccccc2)c(=O)c1C=N. The van der Waals surface area contributed by atoms with Gasteiger partial charge in [-0.3, -0.25) is 9.89 Å². The van der Waals surface area contributed by atoms with Gasteiger partial charge in [0.05, 0.1) is 11.3 Å². The van der Waals surface area contributed by atoms with Gasteiger partial charge < -0.3 is 5.41 Å². The van der Waals surface area contributed by atoms with E-state index in [9.17, 15) is 4.79 Å². The number of aromatic amines is 1. The third-order valence-corrected chi connectivity index (χ3v) is 2.28. The number of aromatic nitrogens is 2. The Morgan fingerprint density at radius 1 is 1.33 bits per heavy atom. The molecule has 1 aromatic heterocycles. The van der Waals surface area contributed by atoms with Crippen LogP contribution in [0, 0.1) is 12.3 Å². The summed E-state index contributed by atoms with van der Waals surface area (Å²) in [6, 6.07) is 9.29. The van der Waals surface area contributed by atoms with Gasteiger partial charge in [0.25, 0.3) is 5.56 Å². The molecule has 0 unspecified atom stereocenters. The lowest BCUT2D eigenvalue weighted by atomic mass is 10.3. The lowest BCUT2D eigenvalue weighted by molar-refractivity contribution is 0.835. The number of nitrogens with zero attached hydrogens (tertiary/aromatic N) is 1. The van der Waals surface area contributed by atoms with Gasteiger partial charge in [0.15, 0.2) is 0 Å². The van der Waals surface area contributed by atoms with Gasteiger partial charge in [-0.25, -0.2) is 4.68 Å². The predicted octanol–water partition coefficient (Wildman–Crippen LogP) is 1.47. The fourth-order valence-electron chi connectivity index (χ4n) is 1.49. The smallest absolute Gasteiger partial charge is 0.280 e. The Kier molecular flexibility index (Phi) is 2.25. The molecule has 0 bridgehead atoms. The molecule has 0 aliphatic rings. The third kappa shape index (κ3) is 1.50. The summed E-state index contributed by atoms with van der Waals surface area (Å²) in [5.74, 6) is 0. The number of rotatable bonds is 2. The average molecular weight is 201 g/mol. The highest BCUT2D eigenvalue weighted by Gasteiger charge is 2.08. The molecule has 0 amide bonds. The summed E-state index contributed by atoms with van der Waals surface area (Å²) in [6.45, 7) is 1.78. The number of aryl methyl sites for hydroxylation is 1. The zero-order chi connectivity index (χ0) is 10.8. The van der Waals surface area contributed by atoms with E-state index in [0.717, 1.165) is 11.9 Å². The number of hydrogen-bond acceptors (Lipinski definition) is 2. The second-order valence-electron chi connectivity index (χ2n) is 3.27. The highest BCUT2D eigenvalue weighted by Crippen LogP contribution is 2.04. The van der Waals surface area contributed by atoms with Gasteiger partial charge >= 0.3 is 0 Å². The summed E-state index contributed by atoms with van der Waals surface area (Å²) in [7, 11) is 0. The lowest BCUT2D eigenvalue weighted by Gasteiger charge is -1.99.